The number of ether oxygens (including phenoxy) is 3. The molecule has 0 unspecified atom stereocenters. The third-order valence-corrected chi connectivity index (χ3v) is 4.55. The minimum absolute atomic E-state index is 0.0290. The quantitative estimate of drug-likeness (QED) is 0.461. The number of aromatic nitrogens is 2. The molecule has 0 radical (unpaired) electrons. The lowest BCUT2D eigenvalue weighted by Gasteiger charge is -2.27. The Morgan fingerprint density at radius 3 is 2.48 bits per heavy atom. The van der Waals surface area contributed by atoms with E-state index in [0.717, 1.165) is 0 Å². The number of alkyl halides is 2. The molecular weight excluding hydrogens is 416 g/mol. The Hall–Kier alpha value is -3.44. The number of hydrogen-bond acceptors (Lipinski definition) is 7. The number of halogens is 2. The van der Waals surface area contributed by atoms with E-state index in [0.29, 0.717) is 22.4 Å². The number of carbonyl (C=O) groups is 1. The molecule has 1 amide bonds. The second kappa shape index (κ2) is 8.36. The third-order valence-electron chi connectivity index (χ3n) is 4.55. The van der Waals surface area contributed by atoms with Crippen LogP contribution in [0.2, 0.25) is 0 Å². The van der Waals surface area contributed by atoms with E-state index in [1.54, 1.807) is 12.1 Å². The highest BCUT2D eigenvalue weighted by molar-refractivity contribution is 6.00. The Morgan fingerprint density at radius 2 is 1.90 bits per heavy atom. The Morgan fingerprint density at radius 1 is 1.23 bits per heavy atom. The molecule has 166 valence electrons. The highest BCUT2D eigenvalue weighted by Gasteiger charge is 2.28. The number of methoxy groups -OCH3 is 1. The van der Waals surface area contributed by atoms with Crippen LogP contribution in [-0.4, -0.2) is 51.3 Å². The van der Waals surface area contributed by atoms with Crippen LogP contribution < -0.4 is 19.9 Å². The second-order valence-corrected chi connectivity index (χ2v) is 7.13. The number of hydrogen-bond donors (Lipinski definition) is 3. The summed E-state index contributed by atoms with van der Waals surface area (Å²) in [7, 11) is 1.27. The number of nitrogens with two attached hydrogens (primary N) is 1. The van der Waals surface area contributed by atoms with Crippen molar-refractivity contribution < 1.29 is 38.0 Å². The van der Waals surface area contributed by atoms with Gasteiger partial charge in [-0.3, -0.25) is 4.79 Å². The number of aliphatic hydroxyl groups excluding tert-OH is 1. The molecule has 0 spiro atoms. The van der Waals surface area contributed by atoms with Gasteiger partial charge >= 0.3 is 6.61 Å². The first-order valence-electron chi connectivity index (χ1n) is 9.03. The van der Waals surface area contributed by atoms with Crippen LogP contribution in [0.15, 0.2) is 36.7 Å². The highest BCUT2D eigenvalue weighted by Crippen LogP contribution is 2.37. The lowest BCUT2D eigenvalue weighted by Crippen LogP contribution is -2.41. The first-order valence-corrected chi connectivity index (χ1v) is 9.03. The van der Waals surface area contributed by atoms with Crippen molar-refractivity contribution in [2.24, 2.45) is 5.73 Å². The van der Waals surface area contributed by atoms with Crippen LogP contribution >= 0.6 is 0 Å². The Bertz CT molecular complexity index is 1110. The van der Waals surface area contributed by atoms with Crippen molar-refractivity contribution in [2.75, 3.05) is 7.11 Å². The van der Waals surface area contributed by atoms with E-state index in [1.165, 1.54) is 50.0 Å². The van der Waals surface area contributed by atoms with Crippen molar-refractivity contribution >= 4 is 11.4 Å². The molecule has 11 heteroatoms. The summed E-state index contributed by atoms with van der Waals surface area (Å²) in [5.74, 6) is -1.11. The van der Waals surface area contributed by atoms with Gasteiger partial charge in [0.1, 0.15) is 22.8 Å². The molecule has 2 aromatic heterocycles. The number of aliphatic hydroxyl groups is 2. The van der Waals surface area contributed by atoms with Crippen molar-refractivity contribution in [3.05, 3.63) is 42.2 Å². The summed E-state index contributed by atoms with van der Waals surface area (Å²) in [6.45, 7) is -0.159. The second-order valence-electron chi connectivity index (χ2n) is 7.13. The highest BCUT2D eigenvalue weighted by atomic mass is 19.3. The maximum atomic E-state index is 12.9. The summed E-state index contributed by atoms with van der Waals surface area (Å²) in [6.07, 6.45) is 1.30. The average Bonchev–Trinajstić information content (AvgIpc) is 3.09. The molecule has 9 nitrogen and oxygen atoms in total. The van der Waals surface area contributed by atoms with Gasteiger partial charge in [-0.2, -0.15) is 13.9 Å². The molecule has 0 saturated heterocycles. The van der Waals surface area contributed by atoms with Crippen molar-refractivity contribution in [3.8, 4) is 28.4 Å². The van der Waals surface area contributed by atoms with Crippen molar-refractivity contribution in [3.63, 3.8) is 0 Å². The molecule has 31 heavy (non-hydrogen) atoms. The zero-order valence-electron chi connectivity index (χ0n) is 16.9. The number of fused-ring (bicyclic) bond motifs is 1. The average molecular weight is 437 g/mol. The predicted octanol–water partition coefficient (Wildman–Crippen LogP) is 2.18. The van der Waals surface area contributed by atoms with E-state index >= 15 is 0 Å². The van der Waals surface area contributed by atoms with Crippen LogP contribution in [0.25, 0.3) is 16.6 Å². The minimum atomic E-state index is -3.17. The number of nitrogens with zero attached hydrogens (tertiary/aromatic N) is 2. The van der Waals surface area contributed by atoms with Crippen LogP contribution in [0.4, 0.5) is 8.78 Å². The van der Waals surface area contributed by atoms with Gasteiger partial charge in [0.2, 0.25) is 0 Å². The van der Waals surface area contributed by atoms with Gasteiger partial charge in [0.15, 0.2) is 11.9 Å². The van der Waals surface area contributed by atoms with Crippen molar-refractivity contribution in [1.29, 1.82) is 0 Å². The number of primary amides is 1. The number of amides is 1. The lowest BCUT2D eigenvalue weighted by atomic mass is 10.0. The van der Waals surface area contributed by atoms with E-state index < -0.39 is 30.2 Å². The summed E-state index contributed by atoms with van der Waals surface area (Å²) in [4.78, 5) is 11.7. The molecule has 0 aliphatic rings. The summed E-state index contributed by atoms with van der Waals surface area (Å²) < 4.78 is 42.5. The fourth-order valence-corrected chi connectivity index (χ4v) is 2.94. The molecule has 0 saturated carbocycles. The van der Waals surface area contributed by atoms with E-state index in [-0.39, 0.29) is 11.3 Å². The fourth-order valence-electron chi connectivity index (χ4n) is 2.94. The van der Waals surface area contributed by atoms with Crippen molar-refractivity contribution in [2.45, 2.75) is 32.4 Å². The maximum absolute atomic E-state index is 12.9. The predicted molar refractivity (Wildman–Crippen MR) is 105 cm³/mol. The smallest absolute Gasteiger partial charge is 0.387 e. The van der Waals surface area contributed by atoms with Gasteiger partial charge in [0.25, 0.3) is 5.91 Å². The molecule has 0 aliphatic heterocycles. The lowest BCUT2D eigenvalue weighted by molar-refractivity contribution is -0.154. The van der Waals surface area contributed by atoms with E-state index in [1.807, 2.05) is 0 Å². The standard InChI is InChI=1S/C20H21F2N3O6/c1-20(2,18(27)28)31-11-4-5-13-12(8-24-25(13)9-11)10-6-14(29-3)16(17(23)26)15(7-10)30-19(21)22/h4-9,18-19,27-28H,1-3H3,(H2,23,26). The fraction of sp³-hybridized carbons (Fsp3) is 0.300. The molecule has 1 aromatic carbocycles. The molecule has 2 heterocycles. The van der Waals surface area contributed by atoms with Crippen LogP contribution in [0.3, 0.4) is 0 Å². The van der Waals surface area contributed by atoms with Crippen LogP contribution in [0, 0.1) is 0 Å². The van der Waals surface area contributed by atoms with Gasteiger partial charge in [-0.05, 0) is 43.7 Å². The number of rotatable bonds is 8. The Labute approximate surface area is 175 Å². The topological polar surface area (TPSA) is 129 Å². The van der Waals surface area contributed by atoms with E-state index in [4.69, 9.17) is 15.2 Å². The van der Waals surface area contributed by atoms with Gasteiger partial charge in [-0.25, -0.2) is 4.52 Å². The zero-order valence-corrected chi connectivity index (χ0v) is 16.9. The van der Waals surface area contributed by atoms with E-state index in [2.05, 4.69) is 9.84 Å². The largest absolute Gasteiger partial charge is 0.496 e. The maximum Gasteiger partial charge on any atom is 0.387 e. The molecule has 3 rings (SSSR count). The van der Waals surface area contributed by atoms with Gasteiger partial charge in [0.05, 0.1) is 25.0 Å². The van der Waals surface area contributed by atoms with Crippen LogP contribution in [0.1, 0.15) is 24.2 Å². The van der Waals surface area contributed by atoms with Gasteiger partial charge < -0.3 is 30.2 Å². The SMILES string of the molecule is COc1cc(-c2cnn3cc(OC(C)(C)C(O)O)ccc23)cc(OC(F)F)c1C(N)=O. The molecule has 0 aliphatic carbocycles. The third kappa shape index (κ3) is 4.52. The number of pyridine rings is 1. The summed E-state index contributed by atoms with van der Waals surface area (Å²) >= 11 is 0. The first kappa shape index (κ1) is 22.2. The molecule has 0 fully saturated rings. The summed E-state index contributed by atoms with van der Waals surface area (Å²) in [5.41, 5.74) is 5.24. The van der Waals surface area contributed by atoms with Crippen LogP contribution in [0.5, 0.6) is 17.2 Å². The number of benzene rings is 1. The first-order chi connectivity index (χ1) is 14.5. The monoisotopic (exact) mass is 437 g/mol. The molecule has 0 atom stereocenters. The normalized spacial score (nSPS) is 11.9. The van der Waals surface area contributed by atoms with Gasteiger partial charge in [-0.15, -0.1) is 0 Å². The van der Waals surface area contributed by atoms with Crippen molar-refractivity contribution in [1.82, 2.24) is 9.61 Å². The van der Waals surface area contributed by atoms with Crippen LogP contribution in [-0.2, 0) is 0 Å². The molecule has 4 N–H and O–H groups in total. The minimum Gasteiger partial charge on any atom is -0.496 e. The summed E-state index contributed by atoms with van der Waals surface area (Å²) in [5, 5.41) is 23.0. The Kier molecular flexibility index (Phi) is 6.00. The molecule has 0 bridgehead atoms. The molecule has 3 aromatic rings. The summed E-state index contributed by atoms with van der Waals surface area (Å²) in [6, 6.07) is 5.96. The van der Waals surface area contributed by atoms with E-state index in [9.17, 15) is 23.8 Å². The Balaban J connectivity index is 2.08. The van der Waals surface area contributed by atoms with Gasteiger partial charge in [-0.1, -0.05) is 0 Å². The van der Waals surface area contributed by atoms with Gasteiger partial charge in [0, 0.05) is 5.56 Å². The number of carbonyl (C=O) groups excluding carboxylic acids is 1. The molecular formula is C20H21F2N3O6. The zero-order chi connectivity index (χ0) is 22.9.